The Hall–Kier alpha value is -2.52. The lowest BCUT2D eigenvalue weighted by molar-refractivity contribution is -0.123. The predicted molar refractivity (Wildman–Crippen MR) is 91.2 cm³/mol. The maximum atomic E-state index is 13.4. The molecule has 26 heavy (non-hydrogen) atoms. The maximum Gasteiger partial charge on any atom is 0.257 e. The molecule has 0 fully saturated rings. The largest absolute Gasteiger partial charge is 0.481 e. The number of carbonyl (C=O) groups excluding carboxylic acids is 1. The summed E-state index contributed by atoms with van der Waals surface area (Å²) in [6.07, 6.45) is 0. The van der Waals surface area contributed by atoms with Gasteiger partial charge in [-0.15, -0.1) is 0 Å². The summed E-state index contributed by atoms with van der Waals surface area (Å²) in [5.74, 6) is -2.48. The molecule has 2 rings (SSSR count). The Morgan fingerprint density at radius 1 is 1.08 bits per heavy atom. The molecule has 0 bridgehead atoms. The van der Waals surface area contributed by atoms with Crippen molar-refractivity contribution in [3.05, 3.63) is 59.7 Å². The molecule has 9 heteroatoms. The van der Waals surface area contributed by atoms with Crippen LogP contribution in [0.25, 0.3) is 0 Å². The smallest absolute Gasteiger partial charge is 0.257 e. The van der Waals surface area contributed by atoms with E-state index in [9.17, 15) is 22.0 Å². The van der Waals surface area contributed by atoms with Crippen molar-refractivity contribution in [1.29, 1.82) is 0 Å². The molecule has 2 aromatic rings. The molecule has 0 spiro atoms. The normalized spacial score (nSPS) is 11.2. The first-order chi connectivity index (χ1) is 12.3. The SMILES string of the molecule is Cc1ccc(S(=O)(=O)NCCNC(=O)COc2ccc(F)cc2F)cc1. The molecule has 0 heterocycles. The molecule has 0 unspecified atom stereocenters. The number of benzene rings is 2. The minimum atomic E-state index is -3.66. The molecule has 0 aliphatic carbocycles. The summed E-state index contributed by atoms with van der Waals surface area (Å²) >= 11 is 0. The molecule has 0 saturated carbocycles. The van der Waals surface area contributed by atoms with Crippen molar-refractivity contribution in [3.8, 4) is 5.75 Å². The molecule has 2 aromatic carbocycles. The highest BCUT2D eigenvalue weighted by Crippen LogP contribution is 2.17. The number of nitrogens with one attached hydrogen (secondary N) is 2. The number of ether oxygens (including phenoxy) is 1. The molecular weight excluding hydrogens is 366 g/mol. The number of amides is 1. The number of hydrogen-bond donors (Lipinski definition) is 2. The summed E-state index contributed by atoms with van der Waals surface area (Å²) < 4.78 is 57.5. The van der Waals surface area contributed by atoms with Gasteiger partial charge in [0, 0.05) is 19.2 Å². The number of carbonyl (C=O) groups is 1. The molecule has 0 saturated heterocycles. The lowest BCUT2D eigenvalue weighted by atomic mass is 10.2. The van der Waals surface area contributed by atoms with Gasteiger partial charge in [0.2, 0.25) is 10.0 Å². The highest BCUT2D eigenvalue weighted by Gasteiger charge is 2.13. The molecule has 6 nitrogen and oxygen atoms in total. The van der Waals surface area contributed by atoms with E-state index in [1.165, 1.54) is 12.1 Å². The summed E-state index contributed by atoms with van der Waals surface area (Å²) in [6, 6.07) is 9.07. The van der Waals surface area contributed by atoms with E-state index in [2.05, 4.69) is 10.0 Å². The molecular formula is C17H18F2N2O4S. The topological polar surface area (TPSA) is 84.5 Å². The highest BCUT2D eigenvalue weighted by atomic mass is 32.2. The fourth-order valence-electron chi connectivity index (χ4n) is 1.97. The first-order valence-electron chi connectivity index (χ1n) is 7.69. The van der Waals surface area contributed by atoms with Crippen molar-refractivity contribution in [1.82, 2.24) is 10.0 Å². The van der Waals surface area contributed by atoms with Crippen LogP contribution in [0.15, 0.2) is 47.4 Å². The van der Waals surface area contributed by atoms with Gasteiger partial charge in [-0.1, -0.05) is 17.7 Å². The van der Waals surface area contributed by atoms with Crippen LogP contribution in [0.1, 0.15) is 5.56 Å². The first kappa shape index (κ1) is 19.8. The van der Waals surface area contributed by atoms with E-state index >= 15 is 0 Å². The van der Waals surface area contributed by atoms with Gasteiger partial charge in [-0.05, 0) is 31.2 Å². The summed E-state index contributed by atoms with van der Waals surface area (Å²) in [4.78, 5) is 11.7. The van der Waals surface area contributed by atoms with E-state index in [1.54, 1.807) is 12.1 Å². The Kier molecular flexibility index (Phi) is 6.64. The molecule has 0 aliphatic heterocycles. The lowest BCUT2D eigenvalue weighted by Crippen LogP contribution is -2.36. The van der Waals surface area contributed by atoms with E-state index in [-0.39, 0.29) is 23.7 Å². The molecule has 0 radical (unpaired) electrons. The summed E-state index contributed by atoms with van der Waals surface area (Å²) in [7, 11) is -3.66. The van der Waals surface area contributed by atoms with Gasteiger partial charge in [-0.25, -0.2) is 21.9 Å². The number of hydrogen-bond acceptors (Lipinski definition) is 4. The summed E-state index contributed by atoms with van der Waals surface area (Å²) in [5.41, 5.74) is 0.939. The minimum absolute atomic E-state index is 0.0210. The third-order valence-electron chi connectivity index (χ3n) is 3.32. The second-order valence-corrected chi connectivity index (χ2v) is 7.19. The summed E-state index contributed by atoms with van der Waals surface area (Å²) in [5, 5.41) is 2.43. The molecule has 0 atom stereocenters. The summed E-state index contributed by atoms with van der Waals surface area (Å²) in [6.45, 7) is 1.37. The van der Waals surface area contributed by atoms with Crippen LogP contribution in [0, 0.1) is 18.6 Å². The van der Waals surface area contributed by atoms with E-state index < -0.39 is 34.2 Å². The van der Waals surface area contributed by atoms with Gasteiger partial charge < -0.3 is 10.1 Å². The van der Waals surface area contributed by atoms with Crippen molar-refractivity contribution in [2.75, 3.05) is 19.7 Å². The van der Waals surface area contributed by atoms with Crippen molar-refractivity contribution >= 4 is 15.9 Å². The zero-order valence-electron chi connectivity index (χ0n) is 14.0. The standard InChI is InChI=1S/C17H18F2N2O4S/c1-12-2-5-14(6-3-12)26(23,24)21-9-8-20-17(22)11-25-16-7-4-13(18)10-15(16)19/h2-7,10,21H,8-9,11H2,1H3,(H,20,22). The quantitative estimate of drug-likeness (QED) is 0.679. The molecule has 0 aliphatic rings. The van der Waals surface area contributed by atoms with Crippen LogP contribution in [0.3, 0.4) is 0 Å². The maximum absolute atomic E-state index is 13.4. The van der Waals surface area contributed by atoms with Gasteiger partial charge in [0.15, 0.2) is 18.2 Å². The van der Waals surface area contributed by atoms with Crippen molar-refractivity contribution in [2.24, 2.45) is 0 Å². The third kappa shape index (κ3) is 5.78. The predicted octanol–water partition coefficient (Wildman–Crippen LogP) is 1.75. The first-order valence-corrected chi connectivity index (χ1v) is 9.17. The molecule has 0 aromatic heterocycles. The van der Waals surface area contributed by atoms with Crippen LogP contribution in [0.4, 0.5) is 8.78 Å². The van der Waals surface area contributed by atoms with Crippen molar-refractivity contribution in [2.45, 2.75) is 11.8 Å². The number of rotatable bonds is 8. The van der Waals surface area contributed by atoms with Crippen LogP contribution in [0.5, 0.6) is 5.75 Å². The Morgan fingerprint density at radius 3 is 2.42 bits per heavy atom. The second kappa shape index (κ2) is 8.72. The fourth-order valence-corrected chi connectivity index (χ4v) is 3.01. The van der Waals surface area contributed by atoms with Gasteiger partial charge in [0.05, 0.1) is 4.90 Å². The number of aryl methyl sites for hydroxylation is 1. The Bertz CT molecular complexity index is 871. The Labute approximate surface area is 150 Å². The number of halogens is 2. The van der Waals surface area contributed by atoms with E-state index in [1.807, 2.05) is 6.92 Å². The minimum Gasteiger partial charge on any atom is -0.481 e. The van der Waals surface area contributed by atoms with Gasteiger partial charge in [-0.2, -0.15) is 0 Å². The van der Waals surface area contributed by atoms with Gasteiger partial charge in [0.1, 0.15) is 5.82 Å². The van der Waals surface area contributed by atoms with Gasteiger partial charge in [-0.3, -0.25) is 4.79 Å². The van der Waals surface area contributed by atoms with Crippen LogP contribution < -0.4 is 14.8 Å². The van der Waals surface area contributed by atoms with Crippen LogP contribution >= 0.6 is 0 Å². The molecule has 1 amide bonds. The monoisotopic (exact) mass is 384 g/mol. The van der Waals surface area contributed by atoms with Crippen LogP contribution in [-0.4, -0.2) is 34.0 Å². The number of sulfonamides is 1. The Balaban J connectivity index is 1.73. The van der Waals surface area contributed by atoms with Crippen molar-refractivity contribution in [3.63, 3.8) is 0 Å². The lowest BCUT2D eigenvalue weighted by Gasteiger charge is -2.09. The van der Waals surface area contributed by atoms with Gasteiger partial charge in [0.25, 0.3) is 5.91 Å². The molecule has 2 N–H and O–H groups in total. The van der Waals surface area contributed by atoms with E-state index in [4.69, 9.17) is 4.74 Å². The zero-order valence-corrected chi connectivity index (χ0v) is 14.8. The van der Waals surface area contributed by atoms with Crippen LogP contribution in [-0.2, 0) is 14.8 Å². The van der Waals surface area contributed by atoms with E-state index in [0.29, 0.717) is 6.07 Å². The highest BCUT2D eigenvalue weighted by molar-refractivity contribution is 7.89. The average molecular weight is 384 g/mol. The van der Waals surface area contributed by atoms with E-state index in [0.717, 1.165) is 17.7 Å². The zero-order chi connectivity index (χ0) is 19.2. The van der Waals surface area contributed by atoms with Gasteiger partial charge >= 0.3 is 0 Å². The van der Waals surface area contributed by atoms with Crippen LogP contribution in [0.2, 0.25) is 0 Å². The Morgan fingerprint density at radius 2 is 1.77 bits per heavy atom. The fraction of sp³-hybridized carbons (Fsp3) is 0.235. The third-order valence-corrected chi connectivity index (χ3v) is 4.80. The molecule has 140 valence electrons. The second-order valence-electron chi connectivity index (χ2n) is 5.42. The van der Waals surface area contributed by atoms with Crippen molar-refractivity contribution < 1.29 is 26.7 Å². The average Bonchev–Trinajstić information content (AvgIpc) is 2.58.